The summed E-state index contributed by atoms with van der Waals surface area (Å²) in [5.74, 6) is 0.0135. The third-order valence-electron chi connectivity index (χ3n) is 5.83. The maximum Gasteiger partial charge on any atom is 0.238 e. The molecular weight excluding hydrogens is 386 g/mol. The van der Waals surface area contributed by atoms with Gasteiger partial charge in [-0.25, -0.2) is 0 Å². The Morgan fingerprint density at radius 2 is 1.71 bits per heavy atom. The van der Waals surface area contributed by atoms with E-state index in [4.69, 9.17) is 4.74 Å². The van der Waals surface area contributed by atoms with Gasteiger partial charge in [0.05, 0.1) is 19.3 Å². The number of nitrogens with zero attached hydrogens (tertiary/aromatic N) is 2. The zero-order chi connectivity index (χ0) is 21.9. The summed E-state index contributed by atoms with van der Waals surface area (Å²) in [6, 6.07) is 18.5. The van der Waals surface area contributed by atoms with E-state index in [2.05, 4.69) is 53.2 Å². The van der Waals surface area contributed by atoms with Crippen LogP contribution in [0.1, 0.15) is 45.1 Å². The van der Waals surface area contributed by atoms with E-state index in [1.165, 1.54) is 36.9 Å². The number of carbonyl (C=O) groups excluding carboxylic acids is 1. The van der Waals surface area contributed by atoms with Gasteiger partial charge in [-0.2, -0.15) is 0 Å². The van der Waals surface area contributed by atoms with Crippen LogP contribution in [0, 0.1) is 0 Å². The van der Waals surface area contributed by atoms with E-state index in [1.807, 2.05) is 30.3 Å². The van der Waals surface area contributed by atoms with Gasteiger partial charge in [-0.3, -0.25) is 9.69 Å². The molecule has 1 amide bonds. The highest BCUT2D eigenvalue weighted by Crippen LogP contribution is 2.21. The van der Waals surface area contributed by atoms with E-state index in [0.29, 0.717) is 13.2 Å². The van der Waals surface area contributed by atoms with Crippen LogP contribution in [-0.4, -0.2) is 49.6 Å². The number of carbonyl (C=O) groups is 1. The maximum absolute atomic E-state index is 12.6. The van der Waals surface area contributed by atoms with Gasteiger partial charge in [0.15, 0.2) is 0 Å². The van der Waals surface area contributed by atoms with Crippen LogP contribution in [0.25, 0.3) is 0 Å². The van der Waals surface area contributed by atoms with Gasteiger partial charge in [0.2, 0.25) is 5.91 Å². The number of anilines is 2. The Hall–Kier alpha value is -2.37. The first-order valence-corrected chi connectivity index (χ1v) is 11.7. The van der Waals surface area contributed by atoms with E-state index in [0.717, 1.165) is 31.9 Å². The van der Waals surface area contributed by atoms with Crippen LogP contribution in [0.2, 0.25) is 0 Å². The minimum Gasteiger partial charge on any atom is -0.373 e. The average Bonchev–Trinajstić information content (AvgIpc) is 3.08. The second kappa shape index (κ2) is 12.5. The van der Waals surface area contributed by atoms with Gasteiger partial charge >= 0.3 is 0 Å². The molecule has 0 aliphatic carbocycles. The lowest BCUT2D eigenvalue weighted by molar-refractivity contribution is -0.117. The predicted octanol–water partition coefficient (Wildman–Crippen LogP) is 4.93. The van der Waals surface area contributed by atoms with Gasteiger partial charge in [0.25, 0.3) is 0 Å². The Morgan fingerprint density at radius 1 is 1.03 bits per heavy atom. The number of ether oxygens (including phenoxy) is 1. The lowest BCUT2D eigenvalue weighted by atomic mass is 10.2. The summed E-state index contributed by atoms with van der Waals surface area (Å²) in [6.07, 6.45) is 5.24. The van der Waals surface area contributed by atoms with Crippen molar-refractivity contribution in [3.8, 4) is 0 Å². The molecule has 5 nitrogen and oxygen atoms in total. The monoisotopic (exact) mass is 423 g/mol. The predicted molar refractivity (Wildman–Crippen MR) is 129 cm³/mol. The van der Waals surface area contributed by atoms with E-state index >= 15 is 0 Å². The second-order valence-electron chi connectivity index (χ2n) is 8.43. The Bertz CT molecular complexity index is 771. The molecule has 1 saturated heterocycles. The third-order valence-corrected chi connectivity index (χ3v) is 5.83. The summed E-state index contributed by atoms with van der Waals surface area (Å²) in [6.45, 7) is 8.88. The number of amides is 1. The fraction of sp³-hybridized carbons (Fsp3) is 0.500. The van der Waals surface area contributed by atoms with E-state index in [1.54, 1.807) is 0 Å². The molecule has 0 aromatic heterocycles. The van der Waals surface area contributed by atoms with Crippen LogP contribution >= 0.6 is 0 Å². The van der Waals surface area contributed by atoms with E-state index in [-0.39, 0.29) is 12.0 Å². The molecule has 1 unspecified atom stereocenters. The molecule has 0 bridgehead atoms. The van der Waals surface area contributed by atoms with Crippen LogP contribution in [0.15, 0.2) is 54.6 Å². The highest BCUT2D eigenvalue weighted by atomic mass is 16.5. The SMILES string of the molecule is CCN(CC(=O)Nc1ccc(N2CCCCCC2)cc1)CC(C)OCc1ccccc1. The molecule has 1 heterocycles. The average molecular weight is 424 g/mol. The Kier molecular flexibility index (Phi) is 9.38. The summed E-state index contributed by atoms with van der Waals surface area (Å²) in [5.41, 5.74) is 3.27. The molecule has 0 saturated carbocycles. The maximum atomic E-state index is 12.6. The molecule has 5 heteroatoms. The number of hydrogen-bond donors (Lipinski definition) is 1. The first-order chi connectivity index (χ1) is 15.1. The fourth-order valence-electron chi connectivity index (χ4n) is 4.02. The Morgan fingerprint density at radius 3 is 2.35 bits per heavy atom. The van der Waals surface area contributed by atoms with Crippen molar-refractivity contribution < 1.29 is 9.53 Å². The molecule has 31 heavy (non-hydrogen) atoms. The van der Waals surface area contributed by atoms with Gasteiger partial charge in [0, 0.05) is 31.0 Å². The minimum atomic E-state index is 0.0135. The van der Waals surface area contributed by atoms with Crippen LogP contribution in [0.3, 0.4) is 0 Å². The summed E-state index contributed by atoms with van der Waals surface area (Å²) >= 11 is 0. The molecule has 1 fully saturated rings. The first kappa shape index (κ1) is 23.3. The number of rotatable bonds is 10. The smallest absolute Gasteiger partial charge is 0.238 e. The van der Waals surface area contributed by atoms with Crippen LogP contribution < -0.4 is 10.2 Å². The summed E-state index contributed by atoms with van der Waals surface area (Å²) in [4.78, 5) is 17.1. The molecule has 2 aromatic rings. The normalized spacial score (nSPS) is 15.5. The lowest BCUT2D eigenvalue weighted by Crippen LogP contribution is -2.38. The topological polar surface area (TPSA) is 44.8 Å². The summed E-state index contributed by atoms with van der Waals surface area (Å²) in [5, 5.41) is 3.04. The first-order valence-electron chi connectivity index (χ1n) is 11.7. The van der Waals surface area contributed by atoms with Gasteiger partial charge in [-0.05, 0) is 56.1 Å². The van der Waals surface area contributed by atoms with Crippen LogP contribution in [-0.2, 0) is 16.1 Å². The molecule has 1 atom stereocenters. The number of hydrogen-bond acceptors (Lipinski definition) is 4. The molecule has 0 radical (unpaired) electrons. The van der Waals surface area contributed by atoms with Crippen molar-refractivity contribution in [2.45, 2.75) is 52.2 Å². The molecule has 168 valence electrons. The minimum absolute atomic E-state index is 0.0135. The van der Waals surface area contributed by atoms with Crippen molar-refractivity contribution in [1.82, 2.24) is 4.90 Å². The number of nitrogens with one attached hydrogen (secondary N) is 1. The van der Waals surface area contributed by atoms with Crippen molar-refractivity contribution in [2.75, 3.05) is 42.9 Å². The molecule has 1 N–H and O–H groups in total. The van der Waals surface area contributed by atoms with Crippen molar-refractivity contribution >= 4 is 17.3 Å². The molecule has 1 aliphatic heterocycles. The van der Waals surface area contributed by atoms with Crippen molar-refractivity contribution in [3.63, 3.8) is 0 Å². The van der Waals surface area contributed by atoms with Crippen LogP contribution in [0.5, 0.6) is 0 Å². The van der Waals surface area contributed by atoms with E-state index < -0.39 is 0 Å². The largest absolute Gasteiger partial charge is 0.373 e. The number of likely N-dealkylation sites (N-methyl/N-ethyl adjacent to an activating group) is 1. The van der Waals surface area contributed by atoms with Crippen molar-refractivity contribution in [2.24, 2.45) is 0 Å². The van der Waals surface area contributed by atoms with Crippen molar-refractivity contribution in [3.05, 3.63) is 60.2 Å². The zero-order valence-electron chi connectivity index (χ0n) is 19.1. The summed E-state index contributed by atoms with van der Waals surface area (Å²) in [7, 11) is 0. The highest BCUT2D eigenvalue weighted by Gasteiger charge is 2.14. The van der Waals surface area contributed by atoms with E-state index in [9.17, 15) is 4.79 Å². The highest BCUT2D eigenvalue weighted by molar-refractivity contribution is 5.92. The number of benzene rings is 2. The molecule has 2 aromatic carbocycles. The lowest BCUT2D eigenvalue weighted by Gasteiger charge is -2.24. The van der Waals surface area contributed by atoms with Gasteiger partial charge in [0.1, 0.15) is 0 Å². The van der Waals surface area contributed by atoms with Crippen LogP contribution in [0.4, 0.5) is 11.4 Å². The standard InChI is InChI=1S/C26H37N3O2/c1-3-28(19-22(2)31-21-23-11-7-6-8-12-23)20-26(30)27-24-13-15-25(16-14-24)29-17-9-4-5-10-18-29/h6-8,11-16,22H,3-5,9-10,17-21H2,1-2H3,(H,27,30). The second-order valence-corrected chi connectivity index (χ2v) is 8.43. The summed E-state index contributed by atoms with van der Waals surface area (Å²) < 4.78 is 5.96. The molecule has 0 spiro atoms. The van der Waals surface area contributed by atoms with Gasteiger partial charge in [-0.15, -0.1) is 0 Å². The molecule has 3 rings (SSSR count). The Balaban J connectivity index is 1.43. The van der Waals surface area contributed by atoms with Gasteiger partial charge < -0.3 is 15.0 Å². The quantitative estimate of drug-likeness (QED) is 0.588. The zero-order valence-corrected chi connectivity index (χ0v) is 19.1. The third kappa shape index (κ3) is 8.00. The Labute approximate surface area is 187 Å². The van der Waals surface area contributed by atoms with Crippen molar-refractivity contribution in [1.29, 1.82) is 0 Å². The fourth-order valence-corrected chi connectivity index (χ4v) is 4.02. The molecule has 1 aliphatic rings. The molecular formula is C26H37N3O2. The van der Waals surface area contributed by atoms with Gasteiger partial charge in [-0.1, -0.05) is 50.1 Å².